The molecule has 2 atom stereocenters. The van der Waals surface area contributed by atoms with E-state index in [4.69, 9.17) is 0 Å². The van der Waals surface area contributed by atoms with E-state index in [0.29, 0.717) is 19.1 Å². The van der Waals surface area contributed by atoms with Gasteiger partial charge in [-0.3, -0.25) is 14.7 Å². The number of rotatable bonds is 7. The fraction of sp³-hybridized carbons (Fsp3) is 0.667. The third-order valence-electron chi connectivity index (χ3n) is 4.78. The third kappa shape index (κ3) is 4.75. The van der Waals surface area contributed by atoms with Gasteiger partial charge < -0.3 is 10.0 Å². The number of piperidine rings is 1. The molecule has 0 aromatic carbocycles. The van der Waals surface area contributed by atoms with Gasteiger partial charge in [0.2, 0.25) is 5.91 Å². The number of aliphatic hydroxyl groups excluding tert-OH is 1. The van der Waals surface area contributed by atoms with Gasteiger partial charge in [-0.05, 0) is 44.2 Å². The molecule has 1 aliphatic heterocycles. The zero-order valence-electron chi connectivity index (χ0n) is 14.3. The Kier molecular flexibility index (Phi) is 6.99. The molecule has 1 aromatic heterocycles. The van der Waals surface area contributed by atoms with Crippen LogP contribution in [0.4, 0.5) is 0 Å². The summed E-state index contributed by atoms with van der Waals surface area (Å²) in [6.07, 6.45) is 7.99. The van der Waals surface area contributed by atoms with Crippen LogP contribution in [0.5, 0.6) is 0 Å². The van der Waals surface area contributed by atoms with Crippen molar-refractivity contribution in [2.75, 3.05) is 19.7 Å². The summed E-state index contributed by atoms with van der Waals surface area (Å²) in [7, 11) is 0. The van der Waals surface area contributed by atoms with Crippen LogP contribution in [0.1, 0.15) is 45.1 Å². The SMILES string of the molecule is CCC1CCCCN1C(=O)C(C)N(CCO)Cc1cccnc1. The summed E-state index contributed by atoms with van der Waals surface area (Å²) in [5.74, 6) is 0.189. The minimum Gasteiger partial charge on any atom is -0.395 e. The number of likely N-dealkylation sites (tertiary alicyclic amines) is 1. The number of carbonyl (C=O) groups is 1. The molecule has 0 bridgehead atoms. The molecule has 128 valence electrons. The Morgan fingerprint density at radius 3 is 3.00 bits per heavy atom. The molecule has 1 amide bonds. The van der Waals surface area contributed by atoms with Crippen LogP contribution in [0, 0.1) is 0 Å². The Morgan fingerprint density at radius 1 is 1.52 bits per heavy atom. The predicted molar refractivity (Wildman–Crippen MR) is 90.8 cm³/mol. The van der Waals surface area contributed by atoms with Gasteiger partial charge in [0.1, 0.15) is 0 Å². The lowest BCUT2D eigenvalue weighted by Gasteiger charge is -2.39. The lowest BCUT2D eigenvalue weighted by Crippen LogP contribution is -2.52. The second-order valence-corrected chi connectivity index (χ2v) is 6.32. The van der Waals surface area contributed by atoms with Crippen molar-refractivity contribution in [1.29, 1.82) is 0 Å². The van der Waals surface area contributed by atoms with Crippen molar-refractivity contribution >= 4 is 5.91 Å². The van der Waals surface area contributed by atoms with E-state index in [1.54, 1.807) is 6.20 Å². The van der Waals surface area contributed by atoms with Crippen LogP contribution in [-0.4, -0.2) is 57.6 Å². The molecule has 1 aliphatic rings. The molecule has 5 nitrogen and oxygen atoms in total. The molecular formula is C18H29N3O2. The van der Waals surface area contributed by atoms with Gasteiger partial charge in [0.05, 0.1) is 12.6 Å². The Bertz CT molecular complexity index is 480. The van der Waals surface area contributed by atoms with Crippen LogP contribution in [0.15, 0.2) is 24.5 Å². The number of hydrogen-bond donors (Lipinski definition) is 1. The number of nitrogens with zero attached hydrogens (tertiary/aromatic N) is 3. The first-order chi connectivity index (χ1) is 11.2. The number of carbonyl (C=O) groups excluding carboxylic acids is 1. The van der Waals surface area contributed by atoms with Crippen molar-refractivity contribution in [2.45, 2.75) is 58.2 Å². The Hall–Kier alpha value is -1.46. The van der Waals surface area contributed by atoms with Gasteiger partial charge in [-0.2, -0.15) is 0 Å². The average molecular weight is 319 g/mol. The average Bonchev–Trinajstić information content (AvgIpc) is 2.61. The molecule has 1 aromatic rings. The highest BCUT2D eigenvalue weighted by Crippen LogP contribution is 2.21. The molecule has 0 radical (unpaired) electrons. The van der Waals surface area contributed by atoms with Gasteiger partial charge in [-0.15, -0.1) is 0 Å². The molecule has 23 heavy (non-hydrogen) atoms. The minimum atomic E-state index is -0.227. The molecule has 0 saturated carbocycles. The van der Waals surface area contributed by atoms with Crippen molar-refractivity contribution in [1.82, 2.24) is 14.8 Å². The molecule has 1 fully saturated rings. The van der Waals surface area contributed by atoms with Crippen LogP contribution < -0.4 is 0 Å². The van der Waals surface area contributed by atoms with E-state index in [1.807, 2.05) is 30.2 Å². The summed E-state index contributed by atoms with van der Waals surface area (Å²) in [6, 6.07) is 4.05. The molecule has 5 heteroatoms. The summed E-state index contributed by atoms with van der Waals surface area (Å²) >= 11 is 0. The first kappa shape index (κ1) is 17.9. The third-order valence-corrected chi connectivity index (χ3v) is 4.78. The van der Waals surface area contributed by atoms with E-state index in [9.17, 15) is 9.90 Å². The maximum absolute atomic E-state index is 13.0. The highest BCUT2D eigenvalue weighted by atomic mass is 16.3. The zero-order valence-corrected chi connectivity index (χ0v) is 14.3. The van der Waals surface area contributed by atoms with Crippen molar-refractivity contribution in [3.05, 3.63) is 30.1 Å². The fourth-order valence-electron chi connectivity index (χ4n) is 3.38. The standard InChI is InChI=1S/C18H29N3O2/c1-3-17-8-4-5-10-21(17)18(23)15(2)20(11-12-22)14-16-7-6-9-19-13-16/h6-7,9,13,15,17,22H,3-5,8,10-12,14H2,1-2H3. The molecule has 2 unspecified atom stereocenters. The summed E-state index contributed by atoms with van der Waals surface area (Å²) in [5, 5.41) is 9.37. The van der Waals surface area contributed by atoms with E-state index in [1.165, 1.54) is 6.42 Å². The second kappa shape index (κ2) is 8.99. The molecular weight excluding hydrogens is 290 g/mol. The molecule has 2 rings (SSSR count). The molecule has 0 spiro atoms. The van der Waals surface area contributed by atoms with Gasteiger partial charge in [-0.25, -0.2) is 0 Å². The van der Waals surface area contributed by atoms with Gasteiger partial charge in [0, 0.05) is 38.1 Å². The van der Waals surface area contributed by atoms with Gasteiger partial charge in [-0.1, -0.05) is 13.0 Å². The summed E-state index contributed by atoms with van der Waals surface area (Å²) in [4.78, 5) is 21.2. The Labute approximate surface area is 139 Å². The topological polar surface area (TPSA) is 56.7 Å². The van der Waals surface area contributed by atoms with Crippen LogP contribution in [-0.2, 0) is 11.3 Å². The lowest BCUT2D eigenvalue weighted by molar-refractivity contribution is -0.140. The first-order valence-corrected chi connectivity index (χ1v) is 8.71. The van der Waals surface area contributed by atoms with E-state index in [0.717, 1.165) is 31.4 Å². The van der Waals surface area contributed by atoms with E-state index < -0.39 is 0 Å². The minimum absolute atomic E-state index is 0.0507. The second-order valence-electron chi connectivity index (χ2n) is 6.32. The predicted octanol–water partition coefficient (Wildman–Crippen LogP) is 2.06. The van der Waals surface area contributed by atoms with Gasteiger partial charge >= 0.3 is 0 Å². The van der Waals surface area contributed by atoms with Gasteiger partial charge in [0.15, 0.2) is 0 Å². The van der Waals surface area contributed by atoms with Gasteiger partial charge in [0.25, 0.3) is 0 Å². The van der Waals surface area contributed by atoms with Crippen LogP contribution in [0.25, 0.3) is 0 Å². The Morgan fingerprint density at radius 2 is 2.35 bits per heavy atom. The van der Waals surface area contributed by atoms with Crippen LogP contribution >= 0.6 is 0 Å². The van der Waals surface area contributed by atoms with Crippen molar-refractivity contribution in [2.24, 2.45) is 0 Å². The fourth-order valence-corrected chi connectivity index (χ4v) is 3.38. The van der Waals surface area contributed by atoms with E-state index >= 15 is 0 Å². The van der Waals surface area contributed by atoms with E-state index in [2.05, 4.69) is 16.8 Å². The number of aliphatic hydroxyl groups is 1. The normalized spacial score (nSPS) is 19.8. The molecule has 0 aliphatic carbocycles. The largest absolute Gasteiger partial charge is 0.395 e. The van der Waals surface area contributed by atoms with Crippen LogP contribution in [0.2, 0.25) is 0 Å². The monoisotopic (exact) mass is 319 g/mol. The quantitative estimate of drug-likeness (QED) is 0.836. The summed E-state index contributed by atoms with van der Waals surface area (Å²) in [5.41, 5.74) is 1.06. The van der Waals surface area contributed by atoms with Crippen molar-refractivity contribution < 1.29 is 9.90 Å². The maximum Gasteiger partial charge on any atom is 0.239 e. The zero-order chi connectivity index (χ0) is 16.7. The summed E-state index contributed by atoms with van der Waals surface area (Å²) < 4.78 is 0. The smallest absolute Gasteiger partial charge is 0.239 e. The van der Waals surface area contributed by atoms with E-state index in [-0.39, 0.29) is 18.6 Å². The Balaban J connectivity index is 2.06. The van der Waals surface area contributed by atoms with Crippen molar-refractivity contribution in [3.8, 4) is 0 Å². The maximum atomic E-state index is 13.0. The highest BCUT2D eigenvalue weighted by molar-refractivity contribution is 5.82. The first-order valence-electron chi connectivity index (χ1n) is 8.71. The van der Waals surface area contributed by atoms with Crippen molar-refractivity contribution in [3.63, 3.8) is 0 Å². The number of amides is 1. The lowest BCUT2D eigenvalue weighted by atomic mass is 9.99. The number of hydrogen-bond acceptors (Lipinski definition) is 4. The molecule has 2 heterocycles. The number of aromatic nitrogens is 1. The van der Waals surface area contributed by atoms with Crippen LogP contribution in [0.3, 0.4) is 0 Å². The molecule has 1 N–H and O–H groups in total. The summed E-state index contributed by atoms with van der Waals surface area (Å²) in [6.45, 7) is 6.15. The highest BCUT2D eigenvalue weighted by Gasteiger charge is 2.31. The number of pyridine rings is 1. The molecule has 1 saturated heterocycles.